The molecule has 1 amide bonds. The van der Waals surface area contributed by atoms with Crippen LogP contribution in [0.25, 0.3) is 10.9 Å². The highest BCUT2D eigenvalue weighted by Crippen LogP contribution is 2.25. The molecule has 0 bridgehead atoms. The minimum Gasteiger partial charge on any atom is -0.396 e. The Bertz CT molecular complexity index is 976. The van der Waals surface area contributed by atoms with Gasteiger partial charge in [0.05, 0.1) is 0 Å². The molecule has 0 aliphatic carbocycles. The van der Waals surface area contributed by atoms with Gasteiger partial charge >= 0.3 is 0 Å². The molecule has 142 valence electrons. The van der Waals surface area contributed by atoms with Crippen molar-refractivity contribution < 1.29 is 9.90 Å². The molecule has 0 aliphatic heterocycles. The van der Waals surface area contributed by atoms with Gasteiger partial charge in [0, 0.05) is 41.0 Å². The molecule has 0 radical (unpaired) electrons. The molecule has 0 atom stereocenters. The van der Waals surface area contributed by atoms with Crippen LogP contribution in [-0.4, -0.2) is 28.7 Å². The van der Waals surface area contributed by atoms with E-state index >= 15 is 0 Å². The van der Waals surface area contributed by atoms with Crippen LogP contribution in [0.5, 0.6) is 0 Å². The maximum atomic E-state index is 12.9. The first kappa shape index (κ1) is 19.5. The Kier molecular flexibility index (Phi) is 5.59. The average molecular weight is 385 g/mol. The maximum absolute atomic E-state index is 12.9. The van der Waals surface area contributed by atoms with Crippen LogP contribution < -0.4 is 5.32 Å². The lowest BCUT2D eigenvalue weighted by Crippen LogP contribution is -2.36. The number of hydrogen-bond acceptors (Lipinski definition) is 2. The first-order chi connectivity index (χ1) is 12.8. The summed E-state index contributed by atoms with van der Waals surface area (Å²) in [6.07, 6.45) is 0. The van der Waals surface area contributed by atoms with Crippen LogP contribution in [0.2, 0.25) is 5.02 Å². The van der Waals surface area contributed by atoms with Crippen LogP contribution in [0, 0.1) is 12.3 Å². The van der Waals surface area contributed by atoms with Crippen molar-refractivity contribution in [3.05, 3.63) is 70.4 Å². The van der Waals surface area contributed by atoms with E-state index in [9.17, 15) is 9.90 Å². The average Bonchev–Trinajstić information content (AvgIpc) is 2.97. The first-order valence-corrected chi connectivity index (χ1v) is 9.40. The molecule has 0 saturated heterocycles. The van der Waals surface area contributed by atoms with Crippen LogP contribution in [0.1, 0.15) is 35.5 Å². The second-order valence-corrected chi connectivity index (χ2v) is 8.25. The Morgan fingerprint density at radius 2 is 1.96 bits per heavy atom. The summed E-state index contributed by atoms with van der Waals surface area (Å²) in [5.41, 5.74) is 3.50. The quantitative estimate of drug-likeness (QED) is 0.661. The van der Waals surface area contributed by atoms with Crippen molar-refractivity contribution in [3.8, 4) is 0 Å². The molecule has 0 aliphatic rings. The van der Waals surface area contributed by atoms with Gasteiger partial charge in [0.25, 0.3) is 5.91 Å². The number of halogens is 1. The third-order valence-corrected chi connectivity index (χ3v) is 4.91. The minimum atomic E-state index is -0.369. The maximum Gasteiger partial charge on any atom is 0.267 e. The van der Waals surface area contributed by atoms with Gasteiger partial charge in [-0.15, -0.1) is 0 Å². The monoisotopic (exact) mass is 384 g/mol. The van der Waals surface area contributed by atoms with E-state index in [-0.39, 0.29) is 17.9 Å². The second-order valence-electron chi connectivity index (χ2n) is 7.81. The summed E-state index contributed by atoms with van der Waals surface area (Å²) < 4.78 is 2.02. The molecule has 3 rings (SSSR count). The highest BCUT2D eigenvalue weighted by atomic mass is 35.5. The predicted molar refractivity (Wildman–Crippen MR) is 110 cm³/mol. The summed E-state index contributed by atoms with van der Waals surface area (Å²) >= 11 is 6.14. The highest BCUT2D eigenvalue weighted by molar-refractivity contribution is 6.31. The van der Waals surface area contributed by atoms with Crippen molar-refractivity contribution in [1.82, 2.24) is 9.88 Å². The van der Waals surface area contributed by atoms with Gasteiger partial charge in [0.2, 0.25) is 0 Å². The van der Waals surface area contributed by atoms with Gasteiger partial charge < -0.3 is 15.0 Å². The van der Waals surface area contributed by atoms with Crippen molar-refractivity contribution in [2.75, 3.05) is 13.2 Å². The summed E-state index contributed by atoms with van der Waals surface area (Å²) in [6.45, 7) is 6.88. The molecular formula is C22H25ClN2O2. The molecule has 0 unspecified atom stereocenters. The van der Waals surface area contributed by atoms with Crippen molar-refractivity contribution in [1.29, 1.82) is 0 Å². The van der Waals surface area contributed by atoms with E-state index in [1.165, 1.54) is 5.56 Å². The molecule has 27 heavy (non-hydrogen) atoms. The van der Waals surface area contributed by atoms with Crippen molar-refractivity contribution in [3.63, 3.8) is 0 Å². The Balaban J connectivity index is 1.99. The first-order valence-electron chi connectivity index (χ1n) is 9.02. The molecule has 5 heteroatoms. The van der Waals surface area contributed by atoms with Crippen molar-refractivity contribution >= 4 is 28.4 Å². The number of fused-ring (bicyclic) bond motifs is 1. The minimum absolute atomic E-state index is 0.00909. The molecule has 4 nitrogen and oxygen atoms in total. The van der Waals surface area contributed by atoms with Crippen LogP contribution in [0.4, 0.5) is 0 Å². The number of amides is 1. The number of nitrogens with one attached hydrogen (secondary N) is 1. The van der Waals surface area contributed by atoms with Crippen LogP contribution in [0.15, 0.2) is 48.5 Å². The van der Waals surface area contributed by atoms with Gasteiger partial charge in [0.1, 0.15) is 5.69 Å². The fraction of sp³-hybridized carbons (Fsp3) is 0.318. The van der Waals surface area contributed by atoms with Gasteiger partial charge in [-0.05, 0) is 36.8 Å². The zero-order valence-corrected chi connectivity index (χ0v) is 16.7. The predicted octanol–water partition coefficient (Wildman–Crippen LogP) is 4.40. The number of carbonyl (C=O) groups excluding carboxylic acids is 1. The number of aliphatic hydroxyl groups excluding tert-OH is 1. The van der Waals surface area contributed by atoms with E-state index < -0.39 is 0 Å². The molecule has 0 spiro atoms. The molecule has 3 aromatic rings. The fourth-order valence-corrected chi connectivity index (χ4v) is 3.24. The van der Waals surface area contributed by atoms with Crippen LogP contribution in [-0.2, 0) is 6.54 Å². The Labute approximate surface area is 164 Å². The van der Waals surface area contributed by atoms with E-state index in [0.717, 1.165) is 16.5 Å². The highest BCUT2D eigenvalue weighted by Gasteiger charge is 2.21. The van der Waals surface area contributed by atoms with Gasteiger partial charge in [-0.1, -0.05) is 55.3 Å². The van der Waals surface area contributed by atoms with Crippen molar-refractivity contribution in [2.24, 2.45) is 5.41 Å². The normalized spacial score (nSPS) is 11.7. The lowest BCUT2D eigenvalue weighted by molar-refractivity contribution is 0.0903. The summed E-state index contributed by atoms with van der Waals surface area (Å²) in [6, 6.07) is 15.8. The SMILES string of the molecule is Cc1cccc(Cn2c(C(=O)NCC(C)(C)CO)cc3cc(Cl)ccc32)c1. The largest absolute Gasteiger partial charge is 0.396 e. The molecule has 0 saturated carbocycles. The fourth-order valence-electron chi connectivity index (χ4n) is 3.06. The van der Waals surface area contributed by atoms with E-state index in [0.29, 0.717) is 23.8 Å². The number of aromatic nitrogens is 1. The number of rotatable bonds is 6. The van der Waals surface area contributed by atoms with Crippen LogP contribution >= 0.6 is 11.6 Å². The lowest BCUT2D eigenvalue weighted by atomic mass is 9.95. The van der Waals surface area contributed by atoms with Gasteiger partial charge in [-0.2, -0.15) is 0 Å². The second kappa shape index (κ2) is 7.75. The number of carbonyl (C=O) groups is 1. The zero-order valence-electron chi connectivity index (χ0n) is 15.9. The molecule has 1 aromatic heterocycles. The Morgan fingerprint density at radius 3 is 2.67 bits per heavy atom. The topological polar surface area (TPSA) is 54.3 Å². The lowest BCUT2D eigenvalue weighted by Gasteiger charge is -2.22. The number of aliphatic hydroxyl groups is 1. The number of aryl methyl sites for hydroxylation is 1. The van der Waals surface area contributed by atoms with E-state index in [4.69, 9.17) is 11.6 Å². The van der Waals surface area contributed by atoms with Crippen molar-refractivity contribution in [2.45, 2.75) is 27.3 Å². The summed E-state index contributed by atoms with van der Waals surface area (Å²) in [5.74, 6) is -0.156. The molecule has 2 N–H and O–H groups in total. The molecule has 2 aromatic carbocycles. The Morgan fingerprint density at radius 1 is 1.19 bits per heavy atom. The number of nitrogens with zero attached hydrogens (tertiary/aromatic N) is 1. The smallest absolute Gasteiger partial charge is 0.267 e. The van der Waals surface area contributed by atoms with E-state index in [2.05, 4.69) is 30.4 Å². The molecule has 1 heterocycles. The standard InChI is InChI=1S/C22H25ClN2O2/c1-15-5-4-6-16(9-15)12-25-19-8-7-18(23)10-17(19)11-20(25)21(27)24-13-22(2,3)14-26/h4-11,26H,12-14H2,1-3H3,(H,24,27). The summed E-state index contributed by atoms with van der Waals surface area (Å²) in [7, 11) is 0. The van der Waals surface area contributed by atoms with Gasteiger partial charge in [0.15, 0.2) is 0 Å². The zero-order chi connectivity index (χ0) is 19.6. The third kappa shape index (κ3) is 4.52. The van der Waals surface area contributed by atoms with Crippen LogP contribution in [0.3, 0.4) is 0 Å². The summed E-state index contributed by atoms with van der Waals surface area (Å²) in [4.78, 5) is 12.9. The summed E-state index contributed by atoms with van der Waals surface area (Å²) in [5, 5.41) is 14.0. The molecule has 0 fully saturated rings. The van der Waals surface area contributed by atoms with E-state index in [1.807, 2.05) is 48.7 Å². The Hall–Kier alpha value is -2.30. The number of benzene rings is 2. The number of hydrogen-bond donors (Lipinski definition) is 2. The van der Waals surface area contributed by atoms with Gasteiger partial charge in [-0.3, -0.25) is 4.79 Å². The van der Waals surface area contributed by atoms with E-state index in [1.54, 1.807) is 0 Å². The third-order valence-electron chi connectivity index (χ3n) is 4.67. The van der Waals surface area contributed by atoms with Gasteiger partial charge in [-0.25, -0.2) is 0 Å². The molecular weight excluding hydrogens is 360 g/mol.